The van der Waals surface area contributed by atoms with Crippen LogP contribution in [0.3, 0.4) is 0 Å². The van der Waals surface area contributed by atoms with Crippen LogP contribution < -0.4 is 10.1 Å². The molecule has 6 nitrogen and oxygen atoms in total. The fourth-order valence-electron chi connectivity index (χ4n) is 4.39. The van der Waals surface area contributed by atoms with Crippen LogP contribution in [0.1, 0.15) is 34.4 Å². The highest BCUT2D eigenvalue weighted by Gasteiger charge is 2.41. The Kier molecular flexibility index (Phi) is 3.89. The van der Waals surface area contributed by atoms with Gasteiger partial charge in [0.25, 0.3) is 0 Å². The topological polar surface area (TPSA) is 64.9 Å². The Morgan fingerprint density at radius 1 is 1.06 bits per heavy atom. The molecule has 0 fully saturated rings. The summed E-state index contributed by atoms with van der Waals surface area (Å²) in [7, 11) is 0. The number of pyridine rings is 1. The number of aryl methyl sites for hydroxylation is 1. The quantitative estimate of drug-likeness (QED) is 0.519. The number of anilines is 1. The van der Waals surface area contributed by atoms with E-state index in [4.69, 9.17) is 4.74 Å². The highest BCUT2D eigenvalue weighted by atomic mass is 19.1. The first-order valence-electron chi connectivity index (χ1n) is 10.0. The van der Waals surface area contributed by atoms with Gasteiger partial charge in [-0.25, -0.2) is 9.07 Å². The highest BCUT2D eigenvalue weighted by molar-refractivity contribution is 5.85. The molecule has 0 aliphatic carbocycles. The molecule has 0 saturated heterocycles. The molecule has 2 aliphatic rings. The van der Waals surface area contributed by atoms with E-state index in [9.17, 15) is 4.39 Å². The molecule has 4 aromatic rings. The summed E-state index contributed by atoms with van der Waals surface area (Å²) >= 11 is 0. The standard InChI is InChI=1S/C24H18FN5O/c1-14-7-8-19-18(10-14)21-20(23(31-19)15-4-2-6-17(25)11-15)22(16-5-3-9-26-12-16)30-24(29-21)27-13-28-30/h2-13,22-23H,1H3,(H,27,28,29)/t22-,23-/m1/s1. The summed E-state index contributed by atoms with van der Waals surface area (Å²) in [6.45, 7) is 2.04. The summed E-state index contributed by atoms with van der Waals surface area (Å²) < 4.78 is 22.5. The maximum Gasteiger partial charge on any atom is 0.226 e. The molecule has 0 saturated carbocycles. The van der Waals surface area contributed by atoms with Crippen LogP contribution in [0.5, 0.6) is 5.75 Å². The molecule has 4 heterocycles. The molecule has 31 heavy (non-hydrogen) atoms. The summed E-state index contributed by atoms with van der Waals surface area (Å²) in [6.07, 6.45) is 4.58. The number of aromatic nitrogens is 4. The summed E-state index contributed by atoms with van der Waals surface area (Å²) in [4.78, 5) is 8.74. The van der Waals surface area contributed by atoms with Crippen LogP contribution in [0.2, 0.25) is 0 Å². The Labute approximate surface area is 178 Å². The first kappa shape index (κ1) is 17.8. The zero-order valence-electron chi connectivity index (χ0n) is 16.7. The maximum absolute atomic E-state index is 14.2. The number of benzene rings is 2. The van der Waals surface area contributed by atoms with Crippen molar-refractivity contribution in [1.29, 1.82) is 0 Å². The fourth-order valence-corrected chi connectivity index (χ4v) is 4.39. The van der Waals surface area contributed by atoms with E-state index < -0.39 is 6.10 Å². The molecular formula is C24H18FN5O. The molecule has 1 N–H and O–H groups in total. The van der Waals surface area contributed by atoms with Crippen LogP contribution in [0.25, 0.3) is 5.70 Å². The van der Waals surface area contributed by atoms with Crippen LogP contribution in [0.15, 0.2) is 78.9 Å². The lowest BCUT2D eigenvalue weighted by atomic mass is 9.85. The van der Waals surface area contributed by atoms with Crippen molar-refractivity contribution in [3.8, 4) is 5.75 Å². The third-order valence-electron chi connectivity index (χ3n) is 5.72. The van der Waals surface area contributed by atoms with Gasteiger partial charge in [0.05, 0.1) is 5.70 Å². The minimum absolute atomic E-state index is 0.302. The number of nitrogens with zero attached hydrogens (tertiary/aromatic N) is 4. The fraction of sp³-hybridized carbons (Fsp3) is 0.125. The number of hydrogen-bond acceptors (Lipinski definition) is 5. The van der Waals surface area contributed by atoms with E-state index in [-0.39, 0.29) is 11.9 Å². The van der Waals surface area contributed by atoms with Crippen LogP contribution in [0, 0.1) is 12.7 Å². The Morgan fingerprint density at radius 3 is 2.81 bits per heavy atom. The molecule has 2 aromatic heterocycles. The van der Waals surface area contributed by atoms with Gasteiger partial charge < -0.3 is 10.1 Å². The molecular weight excluding hydrogens is 393 g/mol. The normalized spacial score (nSPS) is 19.0. The van der Waals surface area contributed by atoms with E-state index in [2.05, 4.69) is 26.4 Å². The Balaban J connectivity index is 1.65. The van der Waals surface area contributed by atoms with Crippen molar-refractivity contribution in [3.63, 3.8) is 0 Å². The third kappa shape index (κ3) is 2.81. The van der Waals surface area contributed by atoms with Crippen LogP contribution in [0.4, 0.5) is 10.3 Å². The van der Waals surface area contributed by atoms with Crippen LogP contribution in [-0.2, 0) is 0 Å². The second-order valence-electron chi connectivity index (χ2n) is 7.72. The van der Waals surface area contributed by atoms with Crippen molar-refractivity contribution in [2.75, 3.05) is 5.32 Å². The summed E-state index contributed by atoms with van der Waals surface area (Å²) in [5.41, 5.74) is 5.60. The average molecular weight is 411 g/mol. The van der Waals surface area contributed by atoms with E-state index in [1.165, 1.54) is 18.5 Å². The van der Waals surface area contributed by atoms with Gasteiger partial charge in [-0.15, -0.1) is 0 Å². The lowest BCUT2D eigenvalue weighted by molar-refractivity contribution is 0.222. The van der Waals surface area contributed by atoms with Gasteiger partial charge >= 0.3 is 0 Å². The van der Waals surface area contributed by atoms with Crippen molar-refractivity contribution >= 4 is 11.6 Å². The second kappa shape index (κ2) is 6.77. The van der Waals surface area contributed by atoms with Gasteiger partial charge in [0.2, 0.25) is 5.95 Å². The zero-order chi connectivity index (χ0) is 20.9. The molecule has 152 valence electrons. The SMILES string of the molecule is Cc1ccc2c(c1)C1=C([C@@H](c3cccc(F)c3)O2)[C@@H](c2cccnc2)n2ncnc2N1. The van der Waals surface area contributed by atoms with Gasteiger partial charge in [-0.3, -0.25) is 4.98 Å². The van der Waals surface area contributed by atoms with E-state index in [0.717, 1.165) is 39.3 Å². The van der Waals surface area contributed by atoms with Crippen LogP contribution >= 0.6 is 0 Å². The molecule has 6 rings (SSSR count). The number of fused-ring (bicyclic) bond motifs is 3. The molecule has 0 amide bonds. The average Bonchev–Trinajstić information content (AvgIpc) is 3.26. The molecule has 2 aliphatic heterocycles. The molecule has 7 heteroatoms. The lowest BCUT2D eigenvalue weighted by Gasteiger charge is -2.39. The molecule has 0 unspecified atom stereocenters. The van der Waals surface area contributed by atoms with E-state index in [1.807, 2.05) is 48.1 Å². The Morgan fingerprint density at radius 2 is 1.97 bits per heavy atom. The van der Waals surface area contributed by atoms with Crippen molar-refractivity contribution < 1.29 is 9.13 Å². The number of halogens is 1. The van der Waals surface area contributed by atoms with Gasteiger partial charge in [-0.1, -0.05) is 29.8 Å². The van der Waals surface area contributed by atoms with Crippen molar-refractivity contribution in [2.24, 2.45) is 0 Å². The van der Waals surface area contributed by atoms with Crippen molar-refractivity contribution in [3.05, 3.63) is 107 Å². The predicted octanol–water partition coefficient (Wildman–Crippen LogP) is 4.68. The summed E-state index contributed by atoms with van der Waals surface area (Å²) in [5, 5.41) is 7.93. The number of hydrogen-bond donors (Lipinski definition) is 1. The largest absolute Gasteiger partial charge is 0.480 e. The predicted molar refractivity (Wildman–Crippen MR) is 114 cm³/mol. The van der Waals surface area contributed by atoms with Gasteiger partial charge in [0.1, 0.15) is 30.0 Å². The lowest BCUT2D eigenvalue weighted by Crippen LogP contribution is -2.32. The monoisotopic (exact) mass is 411 g/mol. The summed E-state index contributed by atoms with van der Waals surface area (Å²) in [6, 6.07) is 16.2. The minimum Gasteiger partial charge on any atom is -0.480 e. The highest BCUT2D eigenvalue weighted by Crippen LogP contribution is 2.50. The Bertz CT molecular complexity index is 1330. The molecule has 0 spiro atoms. The number of ether oxygens (including phenoxy) is 1. The zero-order valence-corrected chi connectivity index (χ0v) is 16.7. The van der Waals surface area contributed by atoms with Gasteiger partial charge in [0.15, 0.2) is 0 Å². The van der Waals surface area contributed by atoms with Crippen molar-refractivity contribution in [2.45, 2.75) is 19.1 Å². The van der Waals surface area contributed by atoms with Gasteiger partial charge in [-0.05, 0) is 48.4 Å². The van der Waals surface area contributed by atoms with E-state index in [0.29, 0.717) is 5.95 Å². The summed E-state index contributed by atoms with van der Waals surface area (Å²) in [5.74, 6) is 1.07. The molecule has 2 atom stereocenters. The van der Waals surface area contributed by atoms with Crippen molar-refractivity contribution in [1.82, 2.24) is 19.7 Å². The molecule has 0 radical (unpaired) electrons. The number of nitrogens with one attached hydrogen (secondary N) is 1. The first-order valence-corrected chi connectivity index (χ1v) is 10.0. The number of rotatable bonds is 2. The minimum atomic E-state index is -0.504. The van der Waals surface area contributed by atoms with Crippen LogP contribution in [-0.4, -0.2) is 19.7 Å². The molecule has 0 bridgehead atoms. The Hall–Kier alpha value is -4.00. The third-order valence-corrected chi connectivity index (χ3v) is 5.72. The van der Waals surface area contributed by atoms with Gasteiger partial charge in [0, 0.05) is 23.5 Å². The van der Waals surface area contributed by atoms with Gasteiger partial charge in [-0.2, -0.15) is 10.1 Å². The second-order valence-corrected chi connectivity index (χ2v) is 7.72. The maximum atomic E-state index is 14.2. The molecule has 2 aromatic carbocycles. The first-order chi connectivity index (χ1) is 15.2. The van der Waals surface area contributed by atoms with E-state index >= 15 is 0 Å². The smallest absolute Gasteiger partial charge is 0.226 e. The van der Waals surface area contributed by atoms with E-state index in [1.54, 1.807) is 12.3 Å².